The third-order valence-electron chi connectivity index (χ3n) is 3.62. The molecule has 2 rings (SSSR count). The zero-order chi connectivity index (χ0) is 18.4. The molecule has 0 aliphatic rings. The van der Waals surface area contributed by atoms with Gasteiger partial charge in [-0.2, -0.15) is 0 Å². The molecule has 0 heterocycles. The highest BCUT2D eigenvalue weighted by Crippen LogP contribution is 2.30. The van der Waals surface area contributed by atoms with E-state index in [2.05, 4.69) is 0 Å². The van der Waals surface area contributed by atoms with Gasteiger partial charge in [-0.3, -0.25) is 0 Å². The van der Waals surface area contributed by atoms with Crippen molar-refractivity contribution in [2.45, 2.75) is 5.75 Å². The average Bonchev–Trinajstić information content (AvgIpc) is 2.61. The Hall–Kier alpha value is -2.67. The quantitative estimate of drug-likeness (QED) is 0.761. The number of benzene rings is 2. The fourth-order valence-corrected chi connectivity index (χ4v) is 3.45. The van der Waals surface area contributed by atoms with Crippen LogP contribution in [0.25, 0.3) is 6.08 Å². The van der Waals surface area contributed by atoms with Crippen molar-refractivity contribution in [3.8, 4) is 17.2 Å². The smallest absolute Gasteiger partial charge is 0.175 e. The van der Waals surface area contributed by atoms with Gasteiger partial charge in [-0.05, 0) is 29.8 Å². The normalized spacial score (nSPS) is 11.5. The van der Waals surface area contributed by atoms with Gasteiger partial charge in [0.2, 0.25) is 0 Å². The predicted octanol–water partition coefficient (Wildman–Crippen LogP) is 2.88. The van der Waals surface area contributed by atoms with Gasteiger partial charge in [0.25, 0.3) is 0 Å². The lowest BCUT2D eigenvalue weighted by Gasteiger charge is -2.10. The second-order valence-corrected chi connectivity index (χ2v) is 7.14. The Morgan fingerprint density at radius 3 is 2.16 bits per heavy atom. The Morgan fingerprint density at radius 1 is 1.00 bits per heavy atom. The number of anilines is 1. The molecule has 0 aliphatic carbocycles. The Bertz CT molecular complexity index is 853. The molecule has 0 fully saturated rings. The van der Waals surface area contributed by atoms with Crippen molar-refractivity contribution in [3.63, 3.8) is 0 Å². The molecule has 7 heteroatoms. The van der Waals surface area contributed by atoms with E-state index in [4.69, 9.17) is 19.9 Å². The van der Waals surface area contributed by atoms with E-state index < -0.39 is 9.84 Å². The molecule has 0 saturated carbocycles. The largest absolute Gasteiger partial charge is 0.497 e. The van der Waals surface area contributed by atoms with Crippen LogP contribution in [0, 0.1) is 0 Å². The summed E-state index contributed by atoms with van der Waals surface area (Å²) in [4.78, 5) is 0. The molecule has 0 aliphatic heterocycles. The topological polar surface area (TPSA) is 87.9 Å². The van der Waals surface area contributed by atoms with Crippen molar-refractivity contribution >= 4 is 21.6 Å². The summed E-state index contributed by atoms with van der Waals surface area (Å²) < 4.78 is 40.4. The molecule has 0 bridgehead atoms. The zero-order valence-electron chi connectivity index (χ0n) is 14.4. The molecular formula is C18H21NO5S. The first kappa shape index (κ1) is 18.7. The molecule has 0 radical (unpaired) electrons. The van der Waals surface area contributed by atoms with Gasteiger partial charge in [-0.1, -0.05) is 12.1 Å². The number of rotatable bonds is 7. The molecule has 0 saturated heterocycles. The molecule has 0 amide bonds. The van der Waals surface area contributed by atoms with Crippen LogP contribution in [0.2, 0.25) is 0 Å². The first-order chi connectivity index (χ1) is 11.9. The summed E-state index contributed by atoms with van der Waals surface area (Å²) in [5.74, 6) is 1.41. The van der Waals surface area contributed by atoms with Gasteiger partial charge in [0.05, 0.1) is 32.6 Å². The first-order valence-corrected chi connectivity index (χ1v) is 9.16. The van der Waals surface area contributed by atoms with Crippen LogP contribution in [-0.4, -0.2) is 29.7 Å². The number of nitrogens with two attached hydrogens (primary N) is 1. The van der Waals surface area contributed by atoms with Gasteiger partial charge in [0.1, 0.15) is 17.2 Å². The lowest BCUT2D eigenvalue weighted by Crippen LogP contribution is -2.04. The molecule has 0 atom stereocenters. The van der Waals surface area contributed by atoms with E-state index in [1.54, 1.807) is 36.4 Å². The fourth-order valence-electron chi connectivity index (χ4n) is 2.31. The Kier molecular flexibility index (Phi) is 5.93. The first-order valence-electron chi connectivity index (χ1n) is 7.44. The van der Waals surface area contributed by atoms with Crippen molar-refractivity contribution < 1.29 is 22.6 Å². The van der Waals surface area contributed by atoms with Gasteiger partial charge in [-0.25, -0.2) is 8.42 Å². The maximum absolute atomic E-state index is 12.4. The van der Waals surface area contributed by atoms with Crippen molar-refractivity contribution in [2.75, 3.05) is 27.1 Å². The lowest BCUT2D eigenvalue weighted by molar-refractivity contribution is 0.392. The van der Waals surface area contributed by atoms with Crippen molar-refractivity contribution in [3.05, 3.63) is 52.9 Å². The Morgan fingerprint density at radius 2 is 1.64 bits per heavy atom. The highest BCUT2D eigenvalue weighted by Gasteiger charge is 2.13. The van der Waals surface area contributed by atoms with Crippen LogP contribution in [0.4, 0.5) is 5.69 Å². The summed E-state index contributed by atoms with van der Waals surface area (Å²) in [6.45, 7) is 0. The van der Waals surface area contributed by atoms with Gasteiger partial charge in [-0.15, -0.1) is 0 Å². The number of sulfone groups is 1. The number of methoxy groups -OCH3 is 3. The molecule has 134 valence electrons. The molecule has 2 aromatic rings. The van der Waals surface area contributed by atoms with Crippen molar-refractivity contribution in [2.24, 2.45) is 0 Å². The third-order valence-corrected chi connectivity index (χ3v) is 4.88. The van der Waals surface area contributed by atoms with Crippen LogP contribution in [0.3, 0.4) is 0 Å². The van der Waals surface area contributed by atoms with E-state index in [0.29, 0.717) is 34.1 Å². The van der Waals surface area contributed by atoms with Gasteiger partial charge >= 0.3 is 0 Å². The van der Waals surface area contributed by atoms with Gasteiger partial charge in [0, 0.05) is 17.2 Å². The molecule has 25 heavy (non-hydrogen) atoms. The highest BCUT2D eigenvalue weighted by molar-refractivity contribution is 7.93. The predicted molar refractivity (Wildman–Crippen MR) is 98.6 cm³/mol. The van der Waals surface area contributed by atoms with Crippen LogP contribution < -0.4 is 19.9 Å². The van der Waals surface area contributed by atoms with E-state index in [-0.39, 0.29) is 5.75 Å². The van der Waals surface area contributed by atoms with E-state index in [1.165, 1.54) is 27.4 Å². The minimum absolute atomic E-state index is 0.212. The fraction of sp³-hybridized carbons (Fsp3) is 0.222. The summed E-state index contributed by atoms with van der Waals surface area (Å²) in [5, 5.41) is 1.14. The third kappa shape index (κ3) is 4.67. The molecule has 0 aromatic heterocycles. The van der Waals surface area contributed by atoms with Crippen LogP contribution in [0.5, 0.6) is 17.2 Å². The summed E-state index contributed by atoms with van der Waals surface area (Å²) in [7, 11) is 1.01. The number of ether oxygens (including phenoxy) is 3. The summed E-state index contributed by atoms with van der Waals surface area (Å²) in [6, 6.07) is 10.1. The minimum atomic E-state index is -3.54. The minimum Gasteiger partial charge on any atom is -0.497 e. The summed E-state index contributed by atoms with van der Waals surface area (Å²) in [5.41, 5.74) is 7.33. The molecule has 2 aromatic carbocycles. The molecular weight excluding hydrogens is 342 g/mol. The summed E-state index contributed by atoms with van der Waals surface area (Å²) in [6.07, 6.45) is 1.46. The maximum Gasteiger partial charge on any atom is 0.175 e. The van der Waals surface area contributed by atoms with Crippen molar-refractivity contribution in [1.29, 1.82) is 0 Å². The van der Waals surface area contributed by atoms with Gasteiger partial charge in [0.15, 0.2) is 9.84 Å². The second kappa shape index (κ2) is 7.94. The molecule has 0 unspecified atom stereocenters. The standard InChI is InChI=1S/C18H21NO5S/c1-22-14-8-7-13(16(19)11-14)12-25(20,21)10-9-15-17(23-2)5-4-6-18(15)24-3/h4-11H,12,19H2,1-3H3/b10-9+. The van der Waals surface area contributed by atoms with Crippen LogP contribution in [0.1, 0.15) is 11.1 Å². The van der Waals surface area contributed by atoms with E-state index in [1.807, 2.05) is 0 Å². The van der Waals surface area contributed by atoms with E-state index in [9.17, 15) is 8.42 Å². The number of nitrogen functional groups attached to an aromatic ring is 1. The summed E-state index contributed by atoms with van der Waals surface area (Å²) >= 11 is 0. The lowest BCUT2D eigenvalue weighted by atomic mass is 10.2. The highest BCUT2D eigenvalue weighted by atomic mass is 32.2. The molecule has 0 spiro atoms. The van der Waals surface area contributed by atoms with Gasteiger partial charge < -0.3 is 19.9 Å². The second-order valence-electron chi connectivity index (χ2n) is 5.25. The number of hydrogen-bond acceptors (Lipinski definition) is 6. The monoisotopic (exact) mass is 363 g/mol. The van der Waals surface area contributed by atoms with E-state index in [0.717, 1.165) is 5.41 Å². The van der Waals surface area contributed by atoms with E-state index >= 15 is 0 Å². The average molecular weight is 363 g/mol. The van der Waals surface area contributed by atoms with Crippen molar-refractivity contribution in [1.82, 2.24) is 0 Å². The SMILES string of the molecule is COc1ccc(CS(=O)(=O)/C=C/c2c(OC)cccc2OC)c(N)c1. The Balaban J connectivity index is 2.29. The Labute approximate surface area is 147 Å². The number of hydrogen-bond donors (Lipinski definition) is 1. The van der Waals surface area contributed by atoms with Crippen LogP contribution >= 0.6 is 0 Å². The molecule has 6 nitrogen and oxygen atoms in total. The van der Waals surface area contributed by atoms with Crippen LogP contribution in [0.15, 0.2) is 41.8 Å². The molecule has 2 N–H and O–H groups in total. The van der Waals surface area contributed by atoms with Crippen LogP contribution in [-0.2, 0) is 15.6 Å². The zero-order valence-corrected chi connectivity index (χ0v) is 15.2. The maximum atomic E-state index is 12.4.